The lowest BCUT2D eigenvalue weighted by Crippen LogP contribution is -2.41. The van der Waals surface area contributed by atoms with E-state index in [4.69, 9.17) is 9.62 Å². The molecule has 0 aromatic rings. The van der Waals surface area contributed by atoms with Crippen molar-refractivity contribution >= 4 is 6.16 Å². The molecule has 0 fully saturated rings. The van der Waals surface area contributed by atoms with E-state index >= 15 is 0 Å². The lowest BCUT2D eigenvalue weighted by atomic mass is 9.79. The number of ether oxygens (including phenoxy) is 1. The molecule has 0 N–H and O–H groups in total. The Kier molecular flexibility index (Phi) is 6.83. The van der Waals surface area contributed by atoms with E-state index in [1.54, 1.807) is 24.3 Å². The summed E-state index contributed by atoms with van der Waals surface area (Å²) >= 11 is 0. The molecule has 4 heteroatoms. The van der Waals surface area contributed by atoms with E-state index in [-0.39, 0.29) is 5.41 Å². The molecule has 112 valence electrons. The summed E-state index contributed by atoms with van der Waals surface area (Å²) in [5.41, 5.74) is -0.915. The standard InChI is InChI=1S/C16H24O4/c1-8-10-12-13(11-9-2)19-20-14(17)18-16(6,7)15(3,4)5/h8-12H,1-2H2,3-7H3/b12-10-,13-11+. The highest BCUT2D eigenvalue weighted by Crippen LogP contribution is 2.33. The molecule has 0 aromatic carbocycles. The van der Waals surface area contributed by atoms with E-state index in [0.717, 1.165) is 0 Å². The molecular formula is C16H24O4. The Morgan fingerprint density at radius 3 is 2.05 bits per heavy atom. The zero-order chi connectivity index (χ0) is 15.8. The van der Waals surface area contributed by atoms with Gasteiger partial charge in [-0.3, -0.25) is 4.89 Å². The van der Waals surface area contributed by atoms with Crippen molar-refractivity contribution in [2.75, 3.05) is 0 Å². The largest absolute Gasteiger partial charge is 0.550 e. The Morgan fingerprint density at radius 1 is 1.00 bits per heavy atom. The maximum absolute atomic E-state index is 11.6. The van der Waals surface area contributed by atoms with Crippen LogP contribution in [0.15, 0.2) is 49.3 Å². The molecule has 0 rings (SSSR count). The Labute approximate surface area is 121 Å². The molecule has 0 saturated heterocycles. The van der Waals surface area contributed by atoms with Crippen molar-refractivity contribution in [1.82, 2.24) is 0 Å². The average Bonchev–Trinajstić information content (AvgIpc) is 2.30. The predicted octanol–water partition coefficient (Wildman–Crippen LogP) is 4.71. The maximum atomic E-state index is 11.6. The van der Waals surface area contributed by atoms with Gasteiger partial charge in [-0.2, -0.15) is 4.79 Å². The van der Waals surface area contributed by atoms with E-state index in [1.807, 2.05) is 34.6 Å². The topological polar surface area (TPSA) is 44.8 Å². The van der Waals surface area contributed by atoms with Crippen molar-refractivity contribution in [3.8, 4) is 0 Å². The lowest BCUT2D eigenvalue weighted by molar-refractivity contribution is -0.232. The molecular weight excluding hydrogens is 256 g/mol. The van der Waals surface area contributed by atoms with E-state index in [2.05, 4.69) is 18.0 Å². The van der Waals surface area contributed by atoms with Crippen molar-refractivity contribution < 1.29 is 19.3 Å². The highest BCUT2D eigenvalue weighted by Gasteiger charge is 2.37. The van der Waals surface area contributed by atoms with Gasteiger partial charge < -0.3 is 4.74 Å². The molecule has 0 aliphatic carbocycles. The van der Waals surface area contributed by atoms with Crippen LogP contribution >= 0.6 is 0 Å². The third-order valence-corrected chi connectivity index (χ3v) is 3.03. The third-order valence-electron chi connectivity index (χ3n) is 3.03. The SMILES string of the molecule is C=C/C=C\C(=C/C=C)OOC(=O)OC(C)(C)C(C)(C)C. The number of allylic oxidation sites excluding steroid dienone is 5. The molecule has 4 nitrogen and oxygen atoms in total. The Hall–Kier alpha value is -1.97. The van der Waals surface area contributed by atoms with Gasteiger partial charge in [0.25, 0.3) is 0 Å². The van der Waals surface area contributed by atoms with Gasteiger partial charge in [-0.1, -0.05) is 52.2 Å². The van der Waals surface area contributed by atoms with Gasteiger partial charge in [0, 0.05) is 5.41 Å². The van der Waals surface area contributed by atoms with Gasteiger partial charge in [-0.05, 0) is 26.0 Å². The Morgan fingerprint density at radius 2 is 1.60 bits per heavy atom. The second-order valence-electron chi connectivity index (χ2n) is 5.68. The van der Waals surface area contributed by atoms with Gasteiger partial charge in [0.15, 0.2) is 5.76 Å². The molecule has 0 heterocycles. The minimum absolute atomic E-state index is 0.228. The van der Waals surface area contributed by atoms with Crippen molar-refractivity contribution in [2.45, 2.75) is 40.2 Å². The number of rotatable bonds is 6. The molecule has 0 unspecified atom stereocenters. The molecule has 0 aliphatic rings. The van der Waals surface area contributed by atoms with Crippen molar-refractivity contribution in [1.29, 1.82) is 0 Å². The summed E-state index contributed by atoms with van der Waals surface area (Å²) in [4.78, 5) is 21.1. The summed E-state index contributed by atoms with van der Waals surface area (Å²) in [5, 5.41) is 0. The summed E-state index contributed by atoms with van der Waals surface area (Å²) < 4.78 is 5.25. The molecule has 0 saturated carbocycles. The van der Waals surface area contributed by atoms with E-state index in [0.29, 0.717) is 5.76 Å². The second-order valence-corrected chi connectivity index (χ2v) is 5.68. The minimum Gasteiger partial charge on any atom is -0.425 e. The van der Waals surface area contributed by atoms with Crippen LogP contribution in [0.2, 0.25) is 0 Å². The molecule has 20 heavy (non-hydrogen) atoms. The number of hydrogen-bond acceptors (Lipinski definition) is 4. The first-order valence-electron chi connectivity index (χ1n) is 6.33. The summed E-state index contributed by atoms with van der Waals surface area (Å²) in [6.07, 6.45) is 6.95. The quantitative estimate of drug-likeness (QED) is 0.232. The first-order valence-corrected chi connectivity index (χ1v) is 6.33. The van der Waals surface area contributed by atoms with Crippen LogP contribution in [0.4, 0.5) is 4.79 Å². The zero-order valence-electron chi connectivity index (χ0n) is 12.9. The minimum atomic E-state index is -0.896. The van der Waals surface area contributed by atoms with Crippen molar-refractivity contribution in [3.05, 3.63) is 49.3 Å². The fraction of sp³-hybridized carbons (Fsp3) is 0.438. The molecule has 0 aromatic heterocycles. The van der Waals surface area contributed by atoms with Gasteiger partial charge in [0.2, 0.25) is 0 Å². The highest BCUT2D eigenvalue weighted by molar-refractivity contribution is 5.60. The van der Waals surface area contributed by atoms with Gasteiger partial charge in [-0.25, -0.2) is 4.89 Å². The summed E-state index contributed by atoms with van der Waals surface area (Å²) in [6, 6.07) is 0. The fourth-order valence-corrected chi connectivity index (χ4v) is 0.851. The van der Waals surface area contributed by atoms with Crippen LogP contribution in [-0.2, 0) is 14.5 Å². The molecule has 0 radical (unpaired) electrons. The molecule has 0 spiro atoms. The predicted molar refractivity (Wildman–Crippen MR) is 79.8 cm³/mol. The Balaban J connectivity index is 4.56. The fourth-order valence-electron chi connectivity index (χ4n) is 0.851. The smallest absolute Gasteiger partial charge is 0.425 e. The van der Waals surface area contributed by atoms with E-state index in [1.165, 1.54) is 6.08 Å². The maximum Gasteiger partial charge on any atom is 0.550 e. The summed E-state index contributed by atoms with van der Waals surface area (Å²) in [7, 11) is 0. The normalized spacial score (nSPS) is 12.9. The zero-order valence-corrected chi connectivity index (χ0v) is 12.9. The van der Waals surface area contributed by atoms with Crippen LogP contribution in [0.25, 0.3) is 0 Å². The molecule has 0 bridgehead atoms. The highest BCUT2D eigenvalue weighted by atomic mass is 17.2. The van der Waals surface area contributed by atoms with Crippen LogP contribution < -0.4 is 0 Å². The molecule has 0 amide bonds. The van der Waals surface area contributed by atoms with Gasteiger partial charge in [0.05, 0.1) is 0 Å². The third kappa shape index (κ3) is 6.27. The monoisotopic (exact) mass is 280 g/mol. The van der Waals surface area contributed by atoms with Gasteiger partial charge in [0.1, 0.15) is 5.60 Å². The molecule has 0 aliphatic heterocycles. The number of carbonyl (C=O) groups is 1. The van der Waals surface area contributed by atoms with Crippen molar-refractivity contribution in [3.63, 3.8) is 0 Å². The summed E-state index contributed by atoms with van der Waals surface area (Å²) in [5.74, 6) is 0.311. The van der Waals surface area contributed by atoms with Gasteiger partial charge >= 0.3 is 6.16 Å². The van der Waals surface area contributed by atoms with Gasteiger partial charge in [-0.15, -0.1) is 0 Å². The van der Waals surface area contributed by atoms with Crippen LogP contribution in [0.3, 0.4) is 0 Å². The number of hydrogen-bond donors (Lipinski definition) is 0. The Bertz CT molecular complexity index is 409. The second kappa shape index (κ2) is 7.58. The van der Waals surface area contributed by atoms with Crippen LogP contribution in [0.1, 0.15) is 34.6 Å². The lowest BCUT2D eigenvalue weighted by Gasteiger charge is -2.36. The van der Waals surface area contributed by atoms with Crippen LogP contribution in [0.5, 0.6) is 0 Å². The van der Waals surface area contributed by atoms with E-state index < -0.39 is 11.8 Å². The van der Waals surface area contributed by atoms with Crippen LogP contribution in [-0.4, -0.2) is 11.8 Å². The van der Waals surface area contributed by atoms with Crippen LogP contribution in [0, 0.1) is 5.41 Å². The summed E-state index contributed by atoms with van der Waals surface area (Å²) in [6.45, 7) is 16.6. The van der Waals surface area contributed by atoms with E-state index in [9.17, 15) is 4.79 Å². The first-order chi connectivity index (χ1) is 9.14. The number of carbonyl (C=O) groups excluding carboxylic acids is 1. The first kappa shape index (κ1) is 18.0. The molecule has 0 atom stereocenters. The van der Waals surface area contributed by atoms with Crippen molar-refractivity contribution in [2.24, 2.45) is 5.41 Å². The average molecular weight is 280 g/mol.